The summed E-state index contributed by atoms with van der Waals surface area (Å²) in [5.74, 6) is 0.355. The van der Waals surface area contributed by atoms with Gasteiger partial charge < -0.3 is 5.11 Å². The van der Waals surface area contributed by atoms with Crippen molar-refractivity contribution < 1.29 is 5.11 Å². The number of hydrogen-bond donors (Lipinski definition) is 1. The number of benzene rings is 2. The summed E-state index contributed by atoms with van der Waals surface area (Å²) in [5, 5.41) is 12.1. The van der Waals surface area contributed by atoms with Crippen molar-refractivity contribution in [1.29, 1.82) is 0 Å². The third-order valence-corrected chi connectivity index (χ3v) is 4.14. The molecule has 2 aromatic carbocycles. The molecule has 0 fully saturated rings. The van der Waals surface area contributed by atoms with Crippen molar-refractivity contribution in [3.63, 3.8) is 0 Å². The smallest absolute Gasteiger partial charge is 0.123 e. The van der Waals surface area contributed by atoms with E-state index in [1.165, 1.54) is 5.30 Å². The summed E-state index contributed by atoms with van der Waals surface area (Å²) >= 11 is 0. The van der Waals surface area contributed by atoms with Crippen LogP contribution in [0, 0.1) is 0 Å². The molecule has 2 aromatic rings. The Morgan fingerprint density at radius 1 is 0.950 bits per heavy atom. The van der Waals surface area contributed by atoms with Crippen LogP contribution >= 0.6 is 8.58 Å². The Morgan fingerprint density at radius 2 is 1.55 bits per heavy atom. The second kappa shape index (κ2) is 6.19. The number of rotatable bonds is 3. The fourth-order valence-electron chi connectivity index (χ4n) is 1.71. The lowest BCUT2D eigenvalue weighted by Gasteiger charge is -2.12. The van der Waals surface area contributed by atoms with Crippen LogP contribution in [0.15, 0.2) is 53.5 Å². The molecule has 3 heteroatoms. The van der Waals surface area contributed by atoms with Crippen molar-refractivity contribution in [3.05, 3.63) is 54.1 Å². The van der Waals surface area contributed by atoms with E-state index in [-0.39, 0.29) is 5.54 Å². The van der Waals surface area contributed by atoms with Gasteiger partial charge in [0.05, 0.1) is 5.54 Å². The van der Waals surface area contributed by atoms with Gasteiger partial charge >= 0.3 is 0 Å². The first kappa shape index (κ1) is 14.7. The van der Waals surface area contributed by atoms with Gasteiger partial charge in [0.15, 0.2) is 0 Å². The molecule has 1 atom stereocenters. The number of para-hydroxylation sites is 1. The monoisotopic (exact) mass is 285 g/mol. The molecule has 2 rings (SSSR count). The molecule has 0 saturated heterocycles. The zero-order chi connectivity index (χ0) is 14.6. The summed E-state index contributed by atoms with van der Waals surface area (Å²) in [7, 11) is 0.426. The lowest BCUT2D eigenvalue weighted by molar-refractivity contribution is 0.480. The number of aromatic hydroxyl groups is 1. The van der Waals surface area contributed by atoms with Gasteiger partial charge in [-0.2, -0.15) is 0 Å². The largest absolute Gasteiger partial charge is 0.507 e. The van der Waals surface area contributed by atoms with Crippen LogP contribution in [0.25, 0.3) is 0 Å². The van der Waals surface area contributed by atoms with E-state index in [1.807, 2.05) is 36.5 Å². The molecule has 0 saturated carbocycles. The van der Waals surface area contributed by atoms with Gasteiger partial charge in [0.1, 0.15) is 5.75 Å². The van der Waals surface area contributed by atoms with Gasteiger partial charge in [0.2, 0.25) is 0 Å². The Kier molecular flexibility index (Phi) is 4.57. The third-order valence-electron chi connectivity index (χ3n) is 2.73. The van der Waals surface area contributed by atoms with Crippen LogP contribution in [0.2, 0.25) is 0 Å². The average molecular weight is 285 g/mol. The second-order valence-corrected chi connectivity index (χ2v) is 6.99. The predicted octanol–water partition coefficient (Wildman–Crippen LogP) is 3.24. The molecule has 0 radical (unpaired) electrons. The van der Waals surface area contributed by atoms with Gasteiger partial charge in [-0.15, -0.1) is 0 Å². The summed E-state index contributed by atoms with van der Waals surface area (Å²) in [5.41, 5.74) is 1.04. The molecule has 1 N–H and O–H groups in total. The summed E-state index contributed by atoms with van der Waals surface area (Å²) in [4.78, 5) is 4.57. The van der Waals surface area contributed by atoms with Crippen molar-refractivity contribution in [2.45, 2.75) is 26.3 Å². The van der Waals surface area contributed by atoms with E-state index in [1.54, 1.807) is 6.07 Å². The number of nitrogens with zero attached hydrogens (tertiary/aromatic N) is 1. The van der Waals surface area contributed by atoms with Gasteiger partial charge in [0.25, 0.3) is 0 Å². The molecule has 0 amide bonds. The van der Waals surface area contributed by atoms with E-state index in [9.17, 15) is 5.11 Å². The third kappa shape index (κ3) is 4.18. The molecule has 0 aliphatic heterocycles. The minimum absolute atomic E-state index is 0.0783. The zero-order valence-electron chi connectivity index (χ0n) is 12.1. The van der Waals surface area contributed by atoms with E-state index >= 15 is 0 Å². The summed E-state index contributed by atoms with van der Waals surface area (Å²) < 4.78 is 0. The Hall–Kier alpha value is -1.66. The van der Waals surface area contributed by atoms with Crippen LogP contribution < -0.4 is 10.6 Å². The molecular formula is C17H20NOP. The van der Waals surface area contributed by atoms with Crippen LogP contribution in [0.3, 0.4) is 0 Å². The van der Waals surface area contributed by atoms with Crippen LogP contribution in [0.5, 0.6) is 5.75 Å². The fraction of sp³-hybridized carbons (Fsp3) is 0.235. The maximum atomic E-state index is 9.90. The average Bonchev–Trinajstić information content (AvgIpc) is 2.39. The van der Waals surface area contributed by atoms with Gasteiger partial charge in [-0.1, -0.05) is 51.0 Å². The molecule has 104 valence electrons. The number of aliphatic imine (C=N–C) groups is 1. The van der Waals surface area contributed by atoms with E-state index in [0.717, 1.165) is 10.9 Å². The standard InChI is InChI=1S/C17H20NOP/c1-17(2,3)18-12-13-8-4-6-10-15(13)20-16-11-7-5-9-14(16)19/h4-12,19-20H,1-3H3/b18-12+. The Balaban J connectivity index is 2.29. The molecule has 0 aliphatic rings. The molecule has 0 spiro atoms. The summed E-state index contributed by atoms with van der Waals surface area (Å²) in [6.45, 7) is 6.24. The molecule has 20 heavy (non-hydrogen) atoms. The second-order valence-electron chi connectivity index (χ2n) is 5.66. The predicted molar refractivity (Wildman–Crippen MR) is 89.5 cm³/mol. The maximum Gasteiger partial charge on any atom is 0.123 e. The first-order chi connectivity index (χ1) is 9.46. The molecule has 0 aliphatic carbocycles. The van der Waals surface area contributed by atoms with Gasteiger partial charge in [-0.3, -0.25) is 4.99 Å². The highest BCUT2D eigenvalue weighted by Gasteiger charge is 2.07. The molecule has 0 aromatic heterocycles. The number of phenols is 1. The fourth-order valence-corrected chi connectivity index (χ4v) is 2.86. The van der Waals surface area contributed by atoms with Crippen molar-refractivity contribution in [3.8, 4) is 5.75 Å². The Morgan fingerprint density at radius 3 is 2.20 bits per heavy atom. The first-order valence-corrected chi connectivity index (χ1v) is 7.65. The van der Waals surface area contributed by atoms with Crippen LogP contribution in [0.1, 0.15) is 26.3 Å². The maximum absolute atomic E-state index is 9.90. The molecule has 0 bridgehead atoms. The summed E-state index contributed by atoms with van der Waals surface area (Å²) in [6, 6.07) is 15.7. The highest BCUT2D eigenvalue weighted by atomic mass is 31.1. The number of hydrogen-bond acceptors (Lipinski definition) is 2. The van der Waals surface area contributed by atoms with E-state index in [4.69, 9.17) is 0 Å². The Labute approximate surface area is 122 Å². The first-order valence-electron chi connectivity index (χ1n) is 6.65. The van der Waals surface area contributed by atoms with Gasteiger partial charge in [-0.05, 0) is 32.1 Å². The Bertz CT molecular complexity index is 614. The van der Waals surface area contributed by atoms with Crippen LogP contribution in [-0.2, 0) is 0 Å². The lowest BCUT2D eigenvalue weighted by atomic mass is 10.1. The topological polar surface area (TPSA) is 32.6 Å². The van der Waals surface area contributed by atoms with Crippen molar-refractivity contribution in [1.82, 2.24) is 0 Å². The van der Waals surface area contributed by atoms with Gasteiger partial charge in [-0.25, -0.2) is 0 Å². The van der Waals surface area contributed by atoms with E-state index in [2.05, 4.69) is 37.9 Å². The van der Waals surface area contributed by atoms with Crippen LogP contribution in [0.4, 0.5) is 0 Å². The minimum Gasteiger partial charge on any atom is -0.507 e. The molecule has 2 nitrogen and oxygen atoms in total. The molecular weight excluding hydrogens is 265 g/mol. The van der Waals surface area contributed by atoms with Crippen molar-refractivity contribution in [2.75, 3.05) is 0 Å². The molecule has 0 heterocycles. The van der Waals surface area contributed by atoms with Crippen molar-refractivity contribution >= 4 is 25.4 Å². The lowest BCUT2D eigenvalue weighted by Crippen LogP contribution is -2.13. The highest BCUT2D eigenvalue weighted by Crippen LogP contribution is 2.19. The van der Waals surface area contributed by atoms with E-state index < -0.39 is 0 Å². The van der Waals surface area contributed by atoms with Crippen molar-refractivity contribution in [2.24, 2.45) is 4.99 Å². The minimum atomic E-state index is -0.0783. The quantitative estimate of drug-likeness (QED) is 0.681. The SMILES string of the molecule is CC(C)(C)/N=C/c1ccccc1Pc1ccccc1O. The zero-order valence-corrected chi connectivity index (χ0v) is 13.1. The van der Waals surface area contributed by atoms with E-state index in [0.29, 0.717) is 14.3 Å². The summed E-state index contributed by atoms with van der Waals surface area (Å²) in [6.07, 6.45) is 1.93. The highest BCUT2D eigenvalue weighted by molar-refractivity contribution is 7.56. The number of phenolic OH excluding ortho intramolecular Hbond substituents is 1. The molecule has 1 unspecified atom stereocenters. The van der Waals surface area contributed by atoms with Crippen LogP contribution in [-0.4, -0.2) is 16.9 Å². The normalized spacial score (nSPS) is 12.6. The van der Waals surface area contributed by atoms with Gasteiger partial charge in [0, 0.05) is 17.1 Å².